The molecule has 0 unspecified atom stereocenters. The van der Waals surface area contributed by atoms with Crippen molar-refractivity contribution in [2.24, 2.45) is 17.3 Å². The van der Waals surface area contributed by atoms with Gasteiger partial charge in [0.15, 0.2) is 0 Å². The normalized spacial score (nSPS) is 31.9. The van der Waals surface area contributed by atoms with E-state index in [0.717, 1.165) is 11.3 Å². The molecular formula is C26H36ClNO6. The minimum atomic E-state index is -1.28. The summed E-state index contributed by atoms with van der Waals surface area (Å²) in [5, 5.41) is 21.9. The van der Waals surface area contributed by atoms with E-state index in [1.165, 1.54) is 0 Å². The molecule has 188 valence electrons. The molecule has 1 aliphatic rings. The quantitative estimate of drug-likeness (QED) is 0.601. The van der Waals surface area contributed by atoms with Gasteiger partial charge in [-0.05, 0) is 30.7 Å². The fraction of sp³-hybridized carbons (Fsp3) is 0.577. The van der Waals surface area contributed by atoms with Crippen molar-refractivity contribution in [1.82, 2.24) is 4.98 Å². The van der Waals surface area contributed by atoms with E-state index in [-0.39, 0.29) is 31.3 Å². The van der Waals surface area contributed by atoms with E-state index in [9.17, 15) is 19.8 Å². The molecule has 0 spiro atoms. The van der Waals surface area contributed by atoms with Crippen LogP contribution in [-0.2, 0) is 19.1 Å². The molecule has 5 atom stereocenters. The predicted octanol–water partition coefficient (Wildman–Crippen LogP) is 3.92. The molecule has 1 aromatic heterocycles. The van der Waals surface area contributed by atoms with Crippen molar-refractivity contribution in [3.05, 3.63) is 46.8 Å². The Hall–Kier alpha value is -2.06. The topological polar surface area (TPSA) is 106 Å². The summed E-state index contributed by atoms with van der Waals surface area (Å²) < 4.78 is 11.3. The third-order valence-corrected chi connectivity index (χ3v) is 6.62. The third-order valence-electron chi connectivity index (χ3n) is 6.36. The molecule has 0 aliphatic carbocycles. The highest BCUT2D eigenvalue weighted by atomic mass is 35.5. The molecule has 0 fully saturated rings. The van der Waals surface area contributed by atoms with E-state index < -0.39 is 35.6 Å². The van der Waals surface area contributed by atoms with E-state index >= 15 is 0 Å². The SMILES string of the molecule is C/C(=C\c1ccccn1)[C@@H]1C/C=C(/Cl)COC[C@H](C)[C@H](O)[C@@H](C)C(=O)C(C)(C)[C@@H](O)CC(=O)O1. The Balaban J connectivity index is 2.33. The first-order chi connectivity index (χ1) is 15.9. The van der Waals surface area contributed by atoms with Gasteiger partial charge in [0.2, 0.25) is 0 Å². The second-order valence-corrected chi connectivity index (χ2v) is 10.1. The zero-order valence-corrected chi connectivity index (χ0v) is 21.3. The van der Waals surface area contributed by atoms with Crippen molar-refractivity contribution in [2.75, 3.05) is 13.2 Å². The smallest absolute Gasteiger partial charge is 0.309 e. The number of Topliss-reactive ketones (excluding diaryl/α,β-unsaturated/α-hetero) is 1. The lowest BCUT2D eigenvalue weighted by atomic mass is 9.73. The number of aromatic nitrogens is 1. The Labute approximate surface area is 206 Å². The molecule has 0 saturated heterocycles. The number of ether oxygens (including phenoxy) is 2. The number of hydrogen-bond donors (Lipinski definition) is 2. The standard InChI is InChI=1S/C26H36ClNO6/c1-16(12-20-8-6-7-11-28-20)21-10-9-19(27)15-33-14-17(2)24(31)18(3)25(32)26(4,5)22(29)13-23(30)34-21/h6-9,11-12,17-18,21-22,24,29,31H,10,13-15H2,1-5H3/b16-12+,19-9+/t17-,18+,21-,22-,24-/m0/s1. The molecular weight excluding hydrogens is 458 g/mol. The van der Waals surface area contributed by atoms with Crippen LogP contribution in [0.3, 0.4) is 0 Å². The largest absolute Gasteiger partial charge is 0.457 e. The van der Waals surface area contributed by atoms with E-state index in [2.05, 4.69) is 4.98 Å². The zero-order valence-electron chi connectivity index (χ0n) is 20.5. The molecule has 2 N–H and O–H groups in total. The molecule has 0 radical (unpaired) electrons. The van der Waals surface area contributed by atoms with Crippen molar-refractivity contribution < 1.29 is 29.3 Å². The van der Waals surface area contributed by atoms with Gasteiger partial charge >= 0.3 is 5.97 Å². The van der Waals surface area contributed by atoms with Gasteiger partial charge in [0.1, 0.15) is 11.9 Å². The highest BCUT2D eigenvalue weighted by molar-refractivity contribution is 6.29. The lowest BCUT2D eigenvalue weighted by Crippen LogP contribution is -2.46. The van der Waals surface area contributed by atoms with Crippen LogP contribution in [0.1, 0.15) is 53.2 Å². The molecule has 8 heteroatoms. The lowest BCUT2D eigenvalue weighted by Gasteiger charge is -2.34. The molecule has 0 amide bonds. The van der Waals surface area contributed by atoms with Crippen LogP contribution in [0.4, 0.5) is 0 Å². The summed E-state index contributed by atoms with van der Waals surface area (Å²) in [6.45, 7) is 8.74. The average Bonchev–Trinajstić information content (AvgIpc) is 2.79. The first kappa shape index (κ1) is 28.2. The number of ketones is 1. The van der Waals surface area contributed by atoms with Gasteiger partial charge in [-0.1, -0.05) is 51.4 Å². The number of esters is 1. The number of aliphatic hydroxyl groups is 2. The number of rotatable bonds is 2. The van der Waals surface area contributed by atoms with Gasteiger partial charge in [0, 0.05) is 29.5 Å². The van der Waals surface area contributed by atoms with Gasteiger partial charge in [-0.15, -0.1) is 0 Å². The Morgan fingerprint density at radius 1 is 1.24 bits per heavy atom. The maximum Gasteiger partial charge on any atom is 0.309 e. The number of halogens is 1. The molecule has 1 aliphatic heterocycles. The van der Waals surface area contributed by atoms with Gasteiger partial charge in [-0.2, -0.15) is 0 Å². The minimum absolute atomic E-state index is 0.134. The summed E-state index contributed by atoms with van der Waals surface area (Å²) >= 11 is 6.32. The number of carbonyl (C=O) groups excluding carboxylic acids is 2. The molecule has 34 heavy (non-hydrogen) atoms. The van der Waals surface area contributed by atoms with Crippen molar-refractivity contribution in [1.29, 1.82) is 0 Å². The zero-order chi connectivity index (χ0) is 25.5. The number of aliphatic hydroxyl groups excluding tert-OH is 2. The minimum Gasteiger partial charge on any atom is -0.457 e. The molecule has 1 aromatic rings. The van der Waals surface area contributed by atoms with Gasteiger partial charge < -0.3 is 19.7 Å². The van der Waals surface area contributed by atoms with E-state index in [4.69, 9.17) is 21.1 Å². The van der Waals surface area contributed by atoms with Crippen LogP contribution in [0.15, 0.2) is 41.1 Å². The maximum absolute atomic E-state index is 13.1. The fourth-order valence-corrected chi connectivity index (χ4v) is 4.03. The summed E-state index contributed by atoms with van der Waals surface area (Å²) in [5.74, 6) is -2.05. The van der Waals surface area contributed by atoms with Gasteiger partial charge in [0.25, 0.3) is 0 Å². The monoisotopic (exact) mass is 493 g/mol. The molecule has 7 nitrogen and oxygen atoms in total. The van der Waals surface area contributed by atoms with Gasteiger partial charge in [0.05, 0.1) is 43.0 Å². The summed E-state index contributed by atoms with van der Waals surface area (Å²) in [6.07, 6.45) is 2.29. The fourth-order valence-electron chi connectivity index (χ4n) is 3.87. The first-order valence-electron chi connectivity index (χ1n) is 11.5. The van der Waals surface area contributed by atoms with Crippen LogP contribution in [0.25, 0.3) is 6.08 Å². The van der Waals surface area contributed by atoms with Crippen molar-refractivity contribution in [3.63, 3.8) is 0 Å². The highest BCUT2D eigenvalue weighted by Gasteiger charge is 2.42. The van der Waals surface area contributed by atoms with Crippen LogP contribution in [-0.4, -0.2) is 58.5 Å². The predicted molar refractivity (Wildman–Crippen MR) is 131 cm³/mol. The Kier molecular flexibility index (Phi) is 10.4. The number of cyclic esters (lactones) is 1. The molecule has 2 heterocycles. The first-order valence-corrected chi connectivity index (χ1v) is 11.9. The summed E-state index contributed by atoms with van der Waals surface area (Å²) in [5.41, 5.74) is 0.217. The molecule has 0 saturated carbocycles. The van der Waals surface area contributed by atoms with E-state index in [1.807, 2.05) is 31.2 Å². The van der Waals surface area contributed by atoms with E-state index in [0.29, 0.717) is 11.5 Å². The van der Waals surface area contributed by atoms with Crippen LogP contribution >= 0.6 is 11.6 Å². The summed E-state index contributed by atoms with van der Waals surface area (Å²) in [6, 6.07) is 5.51. The van der Waals surface area contributed by atoms with Crippen LogP contribution in [0.2, 0.25) is 0 Å². The molecule has 0 aromatic carbocycles. The van der Waals surface area contributed by atoms with Crippen LogP contribution in [0.5, 0.6) is 0 Å². The van der Waals surface area contributed by atoms with Crippen molar-refractivity contribution in [2.45, 2.75) is 65.8 Å². The summed E-state index contributed by atoms with van der Waals surface area (Å²) in [4.78, 5) is 30.1. The van der Waals surface area contributed by atoms with Gasteiger partial charge in [-0.25, -0.2) is 0 Å². The Morgan fingerprint density at radius 2 is 1.94 bits per heavy atom. The summed E-state index contributed by atoms with van der Waals surface area (Å²) in [7, 11) is 0. The number of carbonyl (C=O) groups is 2. The lowest BCUT2D eigenvalue weighted by molar-refractivity contribution is -0.154. The van der Waals surface area contributed by atoms with Crippen molar-refractivity contribution in [3.8, 4) is 0 Å². The third kappa shape index (κ3) is 7.73. The van der Waals surface area contributed by atoms with Crippen molar-refractivity contribution >= 4 is 29.4 Å². The second kappa shape index (κ2) is 12.6. The Morgan fingerprint density at radius 3 is 2.59 bits per heavy atom. The number of hydrogen-bond acceptors (Lipinski definition) is 7. The molecule has 0 bridgehead atoms. The van der Waals surface area contributed by atoms with Crippen LogP contribution in [0, 0.1) is 17.3 Å². The average molecular weight is 494 g/mol. The van der Waals surface area contributed by atoms with Gasteiger partial charge in [-0.3, -0.25) is 14.6 Å². The number of pyridine rings is 1. The maximum atomic E-state index is 13.1. The second-order valence-electron chi connectivity index (χ2n) is 9.59. The number of nitrogens with zero attached hydrogens (tertiary/aromatic N) is 1. The Bertz CT molecular complexity index is 898. The van der Waals surface area contributed by atoms with Crippen LogP contribution < -0.4 is 0 Å². The highest BCUT2D eigenvalue weighted by Crippen LogP contribution is 2.31. The molecule has 2 rings (SSSR count). The van der Waals surface area contributed by atoms with E-state index in [1.54, 1.807) is 40.0 Å².